The molecule has 0 saturated carbocycles. The molecule has 3 aromatic carbocycles. The molecule has 1 aromatic heterocycles. The SMILES string of the molecule is CC(C)(C)COc1ccc2ccccc2c1C=Nn1c(C(C)(C)C)nc2ccc(Br)cc2c1=O. The fourth-order valence-electron chi connectivity index (χ4n) is 3.69. The van der Waals surface area contributed by atoms with E-state index < -0.39 is 0 Å². The summed E-state index contributed by atoms with van der Waals surface area (Å²) in [7, 11) is 0. The quantitative estimate of drug-likeness (QED) is 0.275. The second-order valence-corrected chi connectivity index (χ2v) is 11.7. The second kappa shape index (κ2) is 8.99. The Kier molecular flexibility index (Phi) is 6.38. The minimum absolute atomic E-state index is 0.00600. The Balaban J connectivity index is 1.93. The van der Waals surface area contributed by atoms with E-state index in [1.54, 1.807) is 12.3 Å². The summed E-state index contributed by atoms with van der Waals surface area (Å²) in [5, 5.41) is 7.31. The molecule has 0 amide bonds. The first-order valence-corrected chi connectivity index (χ1v) is 12.1. The van der Waals surface area contributed by atoms with Crippen LogP contribution in [0.3, 0.4) is 0 Å². The fourth-order valence-corrected chi connectivity index (χ4v) is 4.05. The van der Waals surface area contributed by atoms with Crippen LogP contribution in [0.15, 0.2) is 69.0 Å². The van der Waals surface area contributed by atoms with Gasteiger partial charge in [-0.25, -0.2) is 4.98 Å². The summed E-state index contributed by atoms with van der Waals surface area (Å²) in [4.78, 5) is 18.3. The summed E-state index contributed by atoms with van der Waals surface area (Å²) in [6.07, 6.45) is 1.72. The molecule has 0 atom stereocenters. The summed E-state index contributed by atoms with van der Waals surface area (Å²) in [6, 6.07) is 17.7. The van der Waals surface area contributed by atoms with Gasteiger partial charge in [0.15, 0.2) is 0 Å². The van der Waals surface area contributed by atoms with Gasteiger partial charge in [-0.15, -0.1) is 0 Å². The number of aromatic nitrogens is 2. The topological polar surface area (TPSA) is 56.5 Å². The van der Waals surface area contributed by atoms with Crippen molar-refractivity contribution >= 4 is 43.8 Å². The number of hydrogen-bond acceptors (Lipinski definition) is 4. The molecule has 5 nitrogen and oxygen atoms in total. The average Bonchev–Trinajstić information content (AvgIpc) is 2.76. The van der Waals surface area contributed by atoms with Crippen molar-refractivity contribution in [2.45, 2.75) is 47.0 Å². The largest absolute Gasteiger partial charge is 0.492 e. The number of nitrogens with zero attached hydrogens (tertiary/aromatic N) is 3. The molecule has 4 aromatic rings. The lowest BCUT2D eigenvalue weighted by atomic mass is 9.95. The summed E-state index contributed by atoms with van der Waals surface area (Å²) in [5.41, 5.74) is 0.908. The molecule has 6 heteroatoms. The Hall–Kier alpha value is -2.99. The van der Waals surface area contributed by atoms with E-state index in [9.17, 15) is 4.79 Å². The molecule has 34 heavy (non-hydrogen) atoms. The monoisotopic (exact) mass is 519 g/mol. The Morgan fingerprint density at radius 2 is 1.74 bits per heavy atom. The molecule has 0 aliphatic rings. The van der Waals surface area contributed by atoms with Crippen molar-refractivity contribution in [3.63, 3.8) is 0 Å². The van der Waals surface area contributed by atoms with E-state index in [1.807, 2.05) is 63.2 Å². The molecule has 0 radical (unpaired) electrons. The van der Waals surface area contributed by atoms with Crippen LogP contribution in [0.1, 0.15) is 52.9 Å². The van der Waals surface area contributed by atoms with Crippen LogP contribution < -0.4 is 10.3 Å². The maximum Gasteiger partial charge on any atom is 0.282 e. The molecule has 176 valence electrons. The zero-order chi connectivity index (χ0) is 24.7. The van der Waals surface area contributed by atoms with E-state index in [4.69, 9.17) is 14.8 Å². The van der Waals surface area contributed by atoms with Crippen LogP contribution in [-0.4, -0.2) is 22.5 Å². The number of rotatable bonds is 4. The highest BCUT2D eigenvalue weighted by Gasteiger charge is 2.23. The van der Waals surface area contributed by atoms with Crippen LogP contribution in [0.2, 0.25) is 0 Å². The molecule has 0 unspecified atom stereocenters. The first kappa shape index (κ1) is 24.1. The van der Waals surface area contributed by atoms with Crippen LogP contribution in [0.25, 0.3) is 21.7 Å². The molecule has 0 aliphatic heterocycles. The van der Waals surface area contributed by atoms with Crippen LogP contribution in [0, 0.1) is 5.41 Å². The molecule has 0 aliphatic carbocycles. The third-order valence-electron chi connectivity index (χ3n) is 5.37. The highest BCUT2D eigenvalue weighted by Crippen LogP contribution is 2.29. The summed E-state index contributed by atoms with van der Waals surface area (Å²) in [5.74, 6) is 1.33. The van der Waals surface area contributed by atoms with E-state index in [-0.39, 0.29) is 16.4 Å². The van der Waals surface area contributed by atoms with E-state index in [2.05, 4.69) is 42.8 Å². The van der Waals surface area contributed by atoms with Gasteiger partial charge in [-0.3, -0.25) is 4.79 Å². The van der Waals surface area contributed by atoms with Gasteiger partial charge >= 0.3 is 0 Å². The van der Waals surface area contributed by atoms with Crippen LogP contribution in [0.4, 0.5) is 0 Å². The van der Waals surface area contributed by atoms with Crippen LogP contribution >= 0.6 is 15.9 Å². The zero-order valence-electron chi connectivity index (χ0n) is 20.5. The lowest BCUT2D eigenvalue weighted by molar-refractivity contribution is 0.198. The standard InChI is InChI=1S/C28H30BrN3O2/c1-27(2,3)17-34-24-14-11-18-9-7-8-10-20(18)22(24)16-30-32-25(33)21-15-19(29)12-13-23(21)31-26(32)28(4,5)6/h7-16H,17H2,1-6H3. The highest BCUT2D eigenvalue weighted by molar-refractivity contribution is 9.10. The van der Waals surface area contributed by atoms with E-state index >= 15 is 0 Å². The Morgan fingerprint density at radius 1 is 1.00 bits per heavy atom. The highest BCUT2D eigenvalue weighted by atomic mass is 79.9. The van der Waals surface area contributed by atoms with Gasteiger partial charge in [-0.05, 0) is 40.5 Å². The average molecular weight is 520 g/mol. The van der Waals surface area contributed by atoms with Gasteiger partial charge in [-0.1, -0.05) is 87.8 Å². The number of benzene rings is 3. The van der Waals surface area contributed by atoms with Crippen molar-refractivity contribution in [2.75, 3.05) is 6.61 Å². The summed E-state index contributed by atoms with van der Waals surface area (Å²) < 4.78 is 8.46. The molecule has 0 bridgehead atoms. The minimum Gasteiger partial charge on any atom is -0.492 e. The Labute approximate surface area is 208 Å². The van der Waals surface area contributed by atoms with Crippen molar-refractivity contribution in [3.05, 3.63) is 80.8 Å². The third kappa shape index (κ3) is 5.07. The number of fused-ring (bicyclic) bond motifs is 2. The van der Waals surface area contributed by atoms with Gasteiger partial charge in [0.1, 0.15) is 11.6 Å². The molecule has 4 rings (SSSR count). The van der Waals surface area contributed by atoms with Gasteiger partial charge in [0.2, 0.25) is 0 Å². The molecule has 0 spiro atoms. The zero-order valence-corrected chi connectivity index (χ0v) is 22.1. The Bertz CT molecular complexity index is 1460. The van der Waals surface area contributed by atoms with E-state index in [0.29, 0.717) is 23.3 Å². The molecular weight excluding hydrogens is 490 g/mol. The number of hydrogen-bond donors (Lipinski definition) is 0. The molecule has 0 N–H and O–H groups in total. The second-order valence-electron chi connectivity index (χ2n) is 10.8. The Morgan fingerprint density at radius 3 is 2.44 bits per heavy atom. The van der Waals surface area contributed by atoms with Gasteiger partial charge in [0.05, 0.1) is 23.7 Å². The summed E-state index contributed by atoms with van der Waals surface area (Å²) >= 11 is 3.46. The number of halogens is 1. The minimum atomic E-state index is -0.387. The van der Waals surface area contributed by atoms with Crippen molar-refractivity contribution in [1.82, 2.24) is 9.66 Å². The number of ether oxygens (including phenoxy) is 1. The van der Waals surface area contributed by atoms with Gasteiger partial charge in [-0.2, -0.15) is 9.78 Å². The van der Waals surface area contributed by atoms with Crippen LogP contribution in [-0.2, 0) is 5.41 Å². The van der Waals surface area contributed by atoms with Gasteiger partial charge in [0, 0.05) is 15.5 Å². The fraction of sp³-hybridized carbons (Fsp3) is 0.321. The van der Waals surface area contributed by atoms with Crippen molar-refractivity contribution in [1.29, 1.82) is 0 Å². The summed E-state index contributed by atoms with van der Waals surface area (Å²) in [6.45, 7) is 13.1. The molecule has 0 fully saturated rings. The molecule has 1 heterocycles. The van der Waals surface area contributed by atoms with Gasteiger partial charge < -0.3 is 4.74 Å². The maximum atomic E-state index is 13.5. The first-order chi connectivity index (χ1) is 15.9. The smallest absolute Gasteiger partial charge is 0.282 e. The predicted octanol–water partition coefficient (Wildman–Crippen LogP) is 6.92. The maximum absolute atomic E-state index is 13.5. The normalized spacial score (nSPS) is 12.7. The van der Waals surface area contributed by atoms with Crippen molar-refractivity contribution in [2.24, 2.45) is 10.5 Å². The lowest BCUT2D eigenvalue weighted by Gasteiger charge is -2.21. The lowest BCUT2D eigenvalue weighted by Crippen LogP contribution is -2.29. The third-order valence-corrected chi connectivity index (χ3v) is 5.87. The van der Waals surface area contributed by atoms with Crippen LogP contribution in [0.5, 0.6) is 5.75 Å². The van der Waals surface area contributed by atoms with E-state index in [1.165, 1.54) is 4.68 Å². The first-order valence-electron chi connectivity index (χ1n) is 11.4. The van der Waals surface area contributed by atoms with E-state index in [0.717, 1.165) is 26.6 Å². The predicted molar refractivity (Wildman–Crippen MR) is 144 cm³/mol. The van der Waals surface area contributed by atoms with Crippen molar-refractivity contribution < 1.29 is 4.74 Å². The van der Waals surface area contributed by atoms with Gasteiger partial charge in [0.25, 0.3) is 5.56 Å². The van der Waals surface area contributed by atoms with Crippen molar-refractivity contribution in [3.8, 4) is 5.75 Å². The molecular formula is C28H30BrN3O2. The molecule has 0 saturated heterocycles.